The Bertz CT molecular complexity index is 626. The maximum absolute atomic E-state index is 9.26. The minimum Gasteiger partial charge on any atom is -0.383 e. The molecule has 1 aromatic heterocycles. The molecule has 0 atom stereocenters. The van der Waals surface area contributed by atoms with E-state index >= 15 is 0 Å². The fraction of sp³-hybridized carbons (Fsp3) is 0.412. The number of nitrogens with zero attached hydrogens (tertiary/aromatic N) is 2. The Morgan fingerprint density at radius 1 is 1.25 bits per heavy atom. The SMILES string of the molecule is CCCCc1ccc2ncc(C#N)c(NCCC)c2c1. The van der Waals surface area contributed by atoms with Crippen molar-refractivity contribution in [1.82, 2.24) is 4.98 Å². The monoisotopic (exact) mass is 267 g/mol. The number of aromatic nitrogens is 1. The second kappa shape index (κ2) is 6.91. The van der Waals surface area contributed by atoms with Crippen LogP contribution in [0.5, 0.6) is 0 Å². The first-order valence-electron chi connectivity index (χ1n) is 7.35. The van der Waals surface area contributed by atoms with Gasteiger partial charge in [-0.05, 0) is 37.0 Å². The molecule has 3 nitrogen and oxygen atoms in total. The standard InChI is InChI=1S/C17H21N3/c1-3-5-6-13-7-8-16-15(10-13)17(19-9-4-2)14(11-18)12-20-16/h7-8,10,12H,3-6,9H2,1-2H3,(H,19,20). The van der Waals surface area contributed by atoms with Gasteiger partial charge in [0, 0.05) is 18.1 Å². The molecular formula is C17H21N3. The highest BCUT2D eigenvalue weighted by Gasteiger charge is 2.09. The van der Waals surface area contributed by atoms with Crippen LogP contribution in [0.1, 0.15) is 44.2 Å². The summed E-state index contributed by atoms with van der Waals surface area (Å²) in [4.78, 5) is 4.38. The van der Waals surface area contributed by atoms with Crippen LogP contribution in [0.25, 0.3) is 10.9 Å². The number of unbranched alkanes of at least 4 members (excludes halogenated alkanes) is 1. The Balaban J connectivity index is 2.48. The molecule has 0 saturated carbocycles. The Hall–Kier alpha value is -2.08. The zero-order valence-corrected chi connectivity index (χ0v) is 12.2. The molecule has 1 heterocycles. The van der Waals surface area contributed by atoms with E-state index in [-0.39, 0.29) is 0 Å². The molecule has 2 rings (SSSR count). The van der Waals surface area contributed by atoms with Gasteiger partial charge in [-0.2, -0.15) is 5.26 Å². The number of aryl methyl sites for hydroxylation is 1. The van der Waals surface area contributed by atoms with Gasteiger partial charge in [0.05, 0.1) is 16.8 Å². The minimum atomic E-state index is 0.624. The van der Waals surface area contributed by atoms with E-state index in [2.05, 4.69) is 48.4 Å². The number of hydrogen-bond acceptors (Lipinski definition) is 3. The van der Waals surface area contributed by atoms with E-state index in [1.807, 2.05) is 0 Å². The fourth-order valence-corrected chi connectivity index (χ4v) is 2.30. The summed E-state index contributed by atoms with van der Waals surface area (Å²) in [5.41, 5.74) is 3.81. The summed E-state index contributed by atoms with van der Waals surface area (Å²) in [6.07, 6.45) is 6.15. The second-order valence-electron chi connectivity index (χ2n) is 5.04. The molecule has 0 amide bonds. The topological polar surface area (TPSA) is 48.7 Å². The number of hydrogen-bond donors (Lipinski definition) is 1. The van der Waals surface area contributed by atoms with Crippen LogP contribution in [0.15, 0.2) is 24.4 Å². The predicted molar refractivity (Wildman–Crippen MR) is 83.9 cm³/mol. The lowest BCUT2D eigenvalue weighted by Crippen LogP contribution is -2.03. The fourth-order valence-electron chi connectivity index (χ4n) is 2.30. The number of pyridine rings is 1. The van der Waals surface area contributed by atoms with Crippen molar-refractivity contribution < 1.29 is 0 Å². The van der Waals surface area contributed by atoms with Crippen molar-refractivity contribution in [2.24, 2.45) is 0 Å². The van der Waals surface area contributed by atoms with Crippen LogP contribution in [0, 0.1) is 11.3 Å². The van der Waals surface area contributed by atoms with Gasteiger partial charge in [-0.25, -0.2) is 0 Å². The van der Waals surface area contributed by atoms with E-state index in [4.69, 9.17) is 0 Å². The lowest BCUT2D eigenvalue weighted by Gasteiger charge is -2.11. The van der Waals surface area contributed by atoms with Crippen molar-refractivity contribution in [1.29, 1.82) is 5.26 Å². The van der Waals surface area contributed by atoms with Crippen molar-refractivity contribution in [2.75, 3.05) is 11.9 Å². The molecule has 0 aliphatic heterocycles. The van der Waals surface area contributed by atoms with Crippen LogP contribution < -0.4 is 5.32 Å². The van der Waals surface area contributed by atoms with Crippen LogP contribution in [0.2, 0.25) is 0 Å². The van der Waals surface area contributed by atoms with Crippen LogP contribution in [-0.4, -0.2) is 11.5 Å². The zero-order chi connectivity index (χ0) is 14.4. The number of benzene rings is 1. The molecule has 0 fully saturated rings. The molecule has 0 aliphatic carbocycles. The normalized spacial score (nSPS) is 10.4. The molecule has 1 N–H and O–H groups in total. The van der Waals surface area contributed by atoms with Crippen molar-refractivity contribution in [3.63, 3.8) is 0 Å². The number of anilines is 1. The molecule has 0 spiro atoms. The Morgan fingerprint density at radius 2 is 2.10 bits per heavy atom. The van der Waals surface area contributed by atoms with Crippen molar-refractivity contribution >= 4 is 16.6 Å². The highest BCUT2D eigenvalue weighted by atomic mass is 14.9. The minimum absolute atomic E-state index is 0.624. The van der Waals surface area contributed by atoms with E-state index in [1.165, 1.54) is 18.4 Å². The average molecular weight is 267 g/mol. The third kappa shape index (κ3) is 3.08. The third-order valence-corrected chi connectivity index (χ3v) is 3.42. The summed E-state index contributed by atoms with van der Waals surface area (Å²) in [6, 6.07) is 8.61. The van der Waals surface area contributed by atoms with Gasteiger partial charge in [0.1, 0.15) is 6.07 Å². The number of fused-ring (bicyclic) bond motifs is 1. The summed E-state index contributed by atoms with van der Waals surface area (Å²) in [6.45, 7) is 5.19. The van der Waals surface area contributed by atoms with Gasteiger partial charge >= 0.3 is 0 Å². The molecule has 2 aromatic rings. The molecule has 0 bridgehead atoms. The van der Waals surface area contributed by atoms with Crippen molar-refractivity contribution in [2.45, 2.75) is 39.5 Å². The molecule has 1 aromatic carbocycles. The second-order valence-corrected chi connectivity index (χ2v) is 5.04. The molecule has 0 saturated heterocycles. The first kappa shape index (κ1) is 14.3. The van der Waals surface area contributed by atoms with Gasteiger partial charge in [-0.3, -0.25) is 4.98 Å². The maximum atomic E-state index is 9.26. The lowest BCUT2D eigenvalue weighted by molar-refractivity contribution is 0.796. The Morgan fingerprint density at radius 3 is 2.80 bits per heavy atom. The van der Waals surface area contributed by atoms with E-state index in [0.717, 1.165) is 36.0 Å². The smallest absolute Gasteiger partial charge is 0.103 e. The third-order valence-electron chi connectivity index (χ3n) is 3.42. The van der Waals surface area contributed by atoms with Crippen LogP contribution in [0.4, 0.5) is 5.69 Å². The number of rotatable bonds is 6. The quantitative estimate of drug-likeness (QED) is 0.850. The molecule has 3 heteroatoms. The van der Waals surface area contributed by atoms with Crippen LogP contribution in [0.3, 0.4) is 0 Å². The van der Waals surface area contributed by atoms with Crippen LogP contribution in [-0.2, 0) is 6.42 Å². The van der Waals surface area contributed by atoms with Gasteiger partial charge in [0.25, 0.3) is 0 Å². The molecule has 0 unspecified atom stereocenters. The van der Waals surface area contributed by atoms with Gasteiger partial charge in [0.15, 0.2) is 0 Å². The first-order chi connectivity index (χ1) is 9.80. The Kier molecular flexibility index (Phi) is 4.95. The molecule has 104 valence electrons. The summed E-state index contributed by atoms with van der Waals surface area (Å²) < 4.78 is 0. The summed E-state index contributed by atoms with van der Waals surface area (Å²) >= 11 is 0. The largest absolute Gasteiger partial charge is 0.383 e. The average Bonchev–Trinajstić information content (AvgIpc) is 2.50. The summed E-state index contributed by atoms with van der Waals surface area (Å²) in [5, 5.41) is 13.7. The summed E-state index contributed by atoms with van der Waals surface area (Å²) in [7, 11) is 0. The van der Waals surface area contributed by atoms with Gasteiger partial charge in [-0.1, -0.05) is 26.3 Å². The highest BCUT2D eigenvalue weighted by molar-refractivity contribution is 5.94. The van der Waals surface area contributed by atoms with E-state index in [0.29, 0.717) is 5.56 Å². The molecular weight excluding hydrogens is 246 g/mol. The van der Waals surface area contributed by atoms with E-state index in [9.17, 15) is 5.26 Å². The molecule has 0 radical (unpaired) electrons. The summed E-state index contributed by atoms with van der Waals surface area (Å²) in [5.74, 6) is 0. The van der Waals surface area contributed by atoms with E-state index in [1.54, 1.807) is 6.20 Å². The van der Waals surface area contributed by atoms with Crippen molar-refractivity contribution in [3.8, 4) is 6.07 Å². The number of nitrogens with one attached hydrogen (secondary N) is 1. The lowest BCUT2D eigenvalue weighted by atomic mass is 10.0. The van der Waals surface area contributed by atoms with Crippen LogP contribution >= 0.6 is 0 Å². The predicted octanol–water partition coefficient (Wildman–Crippen LogP) is 4.27. The number of nitriles is 1. The zero-order valence-electron chi connectivity index (χ0n) is 12.2. The highest BCUT2D eigenvalue weighted by Crippen LogP contribution is 2.27. The van der Waals surface area contributed by atoms with Crippen molar-refractivity contribution in [3.05, 3.63) is 35.5 Å². The first-order valence-corrected chi connectivity index (χ1v) is 7.35. The molecule has 20 heavy (non-hydrogen) atoms. The van der Waals surface area contributed by atoms with Gasteiger partial charge < -0.3 is 5.32 Å². The molecule has 0 aliphatic rings. The van der Waals surface area contributed by atoms with E-state index < -0.39 is 0 Å². The Labute approximate surface area is 120 Å². The maximum Gasteiger partial charge on any atom is 0.103 e. The van der Waals surface area contributed by atoms with Gasteiger partial charge in [-0.15, -0.1) is 0 Å². The van der Waals surface area contributed by atoms with Gasteiger partial charge in [0.2, 0.25) is 0 Å².